The number of carbonyl (C=O) groups excluding carboxylic acids is 3. The Labute approximate surface area is 222 Å². The zero-order chi connectivity index (χ0) is 28.4. The first kappa shape index (κ1) is 27.3. The fraction of sp³-hybridized carbons (Fsp3) is 0.444. The molecule has 2 aromatic carbocycles. The van der Waals surface area contributed by atoms with Crippen LogP contribution in [0.2, 0.25) is 0 Å². The van der Waals surface area contributed by atoms with E-state index in [1.165, 1.54) is 18.2 Å². The number of carbonyl (C=O) groups is 3. The maximum atomic E-state index is 13.6. The van der Waals surface area contributed by atoms with E-state index in [1.807, 2.05) is 0 Å². The van der Waals surface area contributed by atoms with Crippen molar-refractivity contribution in [2.24, 2.45) is 5.73 Å². The summed E-state index contributed by atoms with van der Waals surface area (Å²) in [6, 6.07) is 3.53. The number of hydrogen-bond acceptors (Lipinski definition) is 12. The Morgan fingerprint density at radius 2 is 1.82 bits per heavy atom. The molecule has 12 nitrogen and oxygen atoms in total. The highest BCUT2D eigenvalue weighted by atomic mass is 16.7. The van der Waals surface area contributed by atoms with Gasteiger partial charge >= 0.3 is 0 Å². The average Bonchev–Trinajstić information content (AvgIpc) is 2.90. The minimum absolute atomic E-state index is 0.00600. The van der Waals surface area contributed by atoms with Crippen molar-refractivity contribution >= 4 is 17.3 Å². The van der Waals surface area contributed by atoms with Crippen molar-refractivity contribution in [2.45, 2.75) is 69.0 Å². The Balaban J connectivity index is 1.69. The van der Waals surface area contributed by atoms with Crippen molar-refractivity contribution in [3.8, 4) is 11.5 Å². The van der Waals surface area contributed by atoms with Crippen LogP contribution in [0, 0.1) is 0 Å². The van der Waals surface area contributed by atoms with Gasteiger partial charge in [0.15, 0.2) is 23.6 Å². The number of aromatic hydroxyl groups is 2. The van der Waals surface area contributed by atoms with E-state index >= 15 is 0 Å². The fourth-order valence-electron chi connectivity index (χ4n) is 5.81. The van der Waals surface area contributed by atoms with Gasteiger partial charge in [-0.05, 0) is 12.5 Å². The summed E-state index contributed by atoms with van der Waals surface area (Å²) in [5.74, 6) is -4.00. The first-order valence-corrected chi connectivity index (χ1v) is 12.5. The third-order valence-electron chi connectivity index (χ3n) is 7.88. The number of rotatable bonds is 5. The molecule has 1 saturated heterocycles. The number of ketones is 3. The van der Waals surface area contributed by atoms with Gasteiger partial charge in [0, 0.05) is 47.6 Å². The summed E-state index contributed by atoms with van der Waals surface area (Å²) < 4.78 is 11.7. The maximum Gasteiger partial charge on any atom is 0.198 e. The molecule has 12 heteroatoms. The van der Waals surface area contributed by atoms with Gasteiger partial charge in [0.05, 0.1) is 36.0 Å². The number of nitrogens with two attached hydrogens (primary N) is 1. The lowest BCUT2D eigenvalue weighted by atomic mass is 9.71. The van der Waals surface area contributed by atoms with E-state index in [1.54, 1.807) is 6.92 Å². The van der Waals surface area contributed by atoms with E-state index in [9.17, 15) is 45.0 Å². The molecule has 0 unspecified atom stereocenters. The molecule has 3 aliphatic rings. The van der Waals surface area contributed by atoms with E-state index in [2.05, 4.69) is 0 Å². The second kappa shape index (κ2) is 9.75. The third-order valence-corrected chi connectivity index (χ3v) is 7.88. The standard InChI is InChI=1S/C27H29NO11/c1-10-22(32)14(28)5-17(38-10)39-15-7-27(37,16(31)9-30)6-13-19(15)26(36)21-20(24(13)34)23(33)12-4-2-3-11(8-29)18(12)25(21)35/h2-4,10,14-15,17,22,29-30,32,34,36-37H,5-9,28H2,1H3/t10-,14-,15-,17-,22-,27-/m0/s1. The van der Waals surface area contributed by atoms with Crippen LogP contribution in [0.4, 0.5) is 0 Å². The summed E-state index contributed by atoms with van der Waals surface area (Å²) >= 11 is 0. The van der Waals surface area contributed by atoms with Crippen LogP contribution < -0.4 is 5.73 Å². The van der Waals surface area contributed by atoms with Gasteiger partial charge in [0.1, 0.15) is 23.7 Å². The normalized spacial score (nSPS) is 29.9. The number of phenols is 2. The van der Waals surface area contributed by atoms with Crippen molar-refractivity contribution in [1.82, 2.24) is 0 Å². The third kappa shape index (κ3) is 4.16. The van der Waals surface area contributed by atoms with Crippen LogP contribution >= 0.6 is 0 Å². The van der Waals surface area contributed by atoms with Crippen molar-refractivity contribution in [3.63, 3.8) is 0 Å². The molecule has 1 fully saturated rings. The molecule has 0 spiro atoms. The number of hydrogen-bond donors (Lipinski definition) is 7. The number of phenolic OH excluding ortho intramolecular Hbond substituents is 2. The van der Waals surface area contributed by atoms with Gasteiger partial charge in [-0.15, -0.1) is 0 Å². The Morgan fingerprint density at radius 1 is 1.13 bits per heavy atom. The van der Waals surface area contributed by atoms with E-state index in [0.717, 1.165) is 0 Å². The van der Waals surface area contributed by atoms with Crippen LogP contribution in [0.5, 0.6) is 11.5 Å². The van der Waals surface area contributed by atoms with Gasteiger partial charge in [0.25, 0.3) is 0 Å². The van der Waals surface area contributed by atoms with E-state index in [-0.39, 0.29) is 34.2 Å². The average molecular weight is 544 g/mol. The number of benzene rings is 2. The quantitative estimate of drug-likeness (QED) is 0.202. The van der Waals surface area contributed by atoms with Gasteiger partial charge < -0.3 is 45.8 Å². The predicted octanol–water partition coefficient (Wildman–Crippen LogP) is -0.515. The Morgan fingerprint density at radius 3 is 2.46 bits per heavy atom. The largest absolute Gasteiger partial charge is 0.507 e. The molecule has 2 aliphatic carbocycles. The lowest BCUT2D eigenvalue weighted by molar-refractivity contribution is -0.247. The molecule has 1 heterocycles. The second-order valence-electron chi connectivity index (χ2n) is 10.3. The summed E-state index contributed by atoms with van der Waals surface area (Å²) in [6.45, 7) is -0.0137. The monoisotopic (exact) mass is 543 g/mol. The molecule has 2 aromatic rings. The zero-order valence-electron chi connectivity index (χ0n) is 21.0. The molecule has 0 saturated carbocycles. The first-order valence-electron chi connectivity index (χ1n) is 12.5. The SMILES string of the molecule is C[C@@H]1O[C@@H](O[C@H]2C[C@](O)(C(=O)CO)Cc3c(O)c4c(c(O)c32)C(=O)c2c(CO)cccc2C4=O)C[C@H](N)[C@H]1O. The summed E-state index contributed by atoms with van der Waals surface area (Å²) in [7, 11) is 0. The minimum atomic E-state index is -2.25. The molecule has 1 aliphatic heterocycles. The molecule has 0 aromatic heterocycles. The molecule has 208 valence electrons. The smallest absolute Gasteiger partial charge is 0.198 e. The van der Waals surface area contributed by atoms with Crippen LogP contribution in [-0.2, 0) is 27.3 Å². The zero-order valence-corrected chi connectivity index (χ0v) is 21.0. The Kier molecular flexibility index (Phi) is 6.84. The molecular formula is C27H29NO11. The highest BCUT2D eigenvalue weighted by Crippen LogP contribution is 2.52. The summed E-state index contributed by atoms with van der Waals surface area (Å²) in [5.41, 5.74) is 2.35. The van der Waals surface area contributed by atoms with Crippen LogP contribution in [0.3, 0.4) is 0 Å². The van der Waals surface area contributed by atoms with E-state index in [0.29, 0.717) is 0 Å². The van der Waals surface area contributed by atoms with Crippen molar-refractivity contribution in [1.29, 1.82) is 0 Å². The number of fused-ring (bicyclic) bond motifs is 3. The highest BCUT2D eigenvalue weighted by Gasteiger charge is 2.50. The fourth-order valence-corrected chi connectivity index (χ4v) is 5.81. The lowest BCUT2D eigenvalue weighted by Gasteiger charge is -2.42. The Hall–Kier alpha value is -3.23. The van der Waals surface area contributed by atoms with Crippen molar-refractivity contribution < 1.29 is 54.5 Å². The minimum Gasteiger partial charge on any atom is -0.507 e. The van der Waals surface area contributed by atoms with Crippen LogP contribution in [0.25, 0.3) is 0 Å². The van der Waals surface area contributed by atoms with E-state index in [4.69, 9.17) is 15.2 Å². The van der Waals surface area contributed by atoms with Gasteiger partial charge in [-0.2, -0.15) is 0 Å². The first-order chi connectivity index (χ1) is 18.4. The molecule has 0 radical (unpaired) electrons. The Bertz CT molecular complexity index is 1380. The maximum absolute atomic E-state index is 13.6. The molecule has 39 heavy (non-hydrogen) atoms. The second-order valence-corrected chi connectivity index (χ2v) is 10.3. The number of Topliss-reactive ketones (excluding diaryl/α,β-unsaturated/α-hetero) is 1. The van der Waals surface area contributed by atoms with Gasteiger partial charge in [-0.1, -0.05) is 18.2 Å². The topological polar surface area (TPSA) is 217 Å². The van der Waals surface area contributed by atoms with Crippen molar-refractivity contribution in [2.75, 3.05) is 6.61 Å². The highest BCUT2D eigenvalue weighted by molar-refractivity contribution is 6.31. The molecule has 0 bridgehead atoms. The molecule has 8 N–H and O–H groups in total. The van der Waals surface area contributed by atoms with Gasteiger partial charge in [-0.25, -0.2) is 0 Å². The molecule has 5 rings (SSSR count). The molecule has 6 atom stereocenters. The summed E-state index contributed by atoms with van der Waals surface area (Å²) in [6.07, 6.45) is -5.21. The van der Waals surface area contributed by atoms with E-state index < -0.39 is 102 Å². The summed E-state index contributed by atoms with van der Waals surface area (Å²) in [5, 5.41) is 63.4. The van der Waals surface area contributed by atoms with Crippen LogP contribution in [-0.4, -0.2) is 84.7 Å². The van der Waals surface area contributed by atoms with Gasteiger partial charge in [0.2, 0.25) is 0 Å². The van der Waals surface area contributed by atoms with Crippen molar-refractivity contribution in [3.05, 3.63) is 57.1 Å². The van der Waals surface area contributed by atoms with Crippen LogP contribution in [0.1, 0.15) is 74.4 Å². The summed E-state index contributed by atoms with van der Waals surface area (Å²) in [4.78, 5) is 39.7. The molecule has 0 amide bonds. The lowest BCUT2D eigenvalue weighted by Crippen LogP contribution is -2.53. The predicted molar refractivity (Wildman–Crippen MR) is 131 cm³/mol. The van der Waals surface area contributed by atoms with Crippen LogP contribution in [0.15, 0.2) is 18.2 Å². The number of aliphatic hydroxyl groups excluding tert-OH is 3. The number of aliphatic hydroxyl groups is 4. The number of ether oxygens (including phenoxy) is 2. The molecular weight excluding hydrogens is 514 g/mol. The van der Waals surface area contributed by atoms with Gasteiger partial charge in [-0.3, -0.25) is 14.4 Å².